The van der Waals surface area contributed by atoms with Gasteiger partial charge in [0.15, 0.2) is 0 Å². The van der Waals surface area contributed by atoms with Crippen molar-refractivity contribution in [2.45, 2.75) is 37.9 Å². The minimum Gasteiger partial charge on any atom is -0.508 e. The minimum atomic E-state index is 0.0535. The van der Waals surface area contributed by atoms with Crippen LogP contribution in [-0.4, -0.2) is 18.3 Å². The molecule has 2 aromatic carbocycles. The Morgan fingerprint density at radius 3 is 2.61 bits per heavy atom. The lowest BCUT2D eigenvalue weighted by atomic mass is 9.80. The van der Waals surface area contributed by atoms with Crippen LogP contribution in [0.4, 0.5) is 0 Å². The highest BCUT2D eigenvalue weighted by Crippen LogP contribution is 2.54. The van der Waals surface area contributed by atoms with E-state index in [-0.39, 0.29) is 12.2 Å². The predicted octanol–water partition coefficient (Wildman–Crippen LogP) is 4.34. The van der Waals surface area contributed by atoms with Crippen LogP contribution in [0.25, 0.3) is 0 Å². The number of phenols is 1. The Balaban J connectivity index is 1.76. The molecule has 0 bridgehead atoms. The van der Waals surface area contributed by atoms with Gasteiger partial charge in [-0.05, 0) is 49.4 Å². The summed E-state index contributed by atoms with van der Waals surface area (Å²) in [4.78, 5) is 0. The molecule has 0 unspecified atom stereocenters. The second kappa shape index (κ2) is 5.57. The Kier molecular flexibility index (Phi) is 3.53. The number of methoxy groups -OCH3 is 1. The molecular weight excluding hydrogens is 288 g/mol. The number of phenolic OH excluding ortho intramolecular Hbond substituents is 1. The number of rotatable bonds is 2. The fourth-order valence-electron chi connectivity index (χ4n) is 4.14. The van der Waals surface area contributed by atoms with E-state index >= 15 is 0 Å². The van der Waals surface area contributed by atoms with Gasteiger partial charge in [0.1, 0.15) is 17.6 Å². The normalized spacial score (nSPS) is 28.8. The maximum Gasteiger partial charge on any atom is 0.127 e. The van der Waals surface area contributed by atoms with Gasteiger partial charge >= 0.3 is 0 Å². The van der Waals surface area contributed by atoms with Gasteiger partial charge in [0.05, 0.1) is 6.10 Å². The molecule has 4 atom stereocenters. The van der Waals surface area contributed by atoms with Crippen molar-refractivity contribution in [3.8, 4) is 11.5 Å². The quantitative estimate of drug-likeness (QED) is 0.896. The van der Waals surface area contributed by atoms with Crippen molar-refractivity contribution in [2.75, 3.05) is 7.11 Å². The third-order valence-electron chi connectivity index (χ3n) is 5.34. The van der Waals surface area contributed by atoms with E-state index in [1.807, 2.05) is 12.1 Å². The van der Waals surface area contributed by atoms with Crippen LogP contribution in [0.5, 0.6) is 11.5 Å². The lowest BCUT2D eigenvalue weighted by Crippen LogP contribution is -2.26. The first-order valence-corrected chi connectivity index (χ1v) is 8.24. The van der Waals surface area contributed by atoms with Gasteiger partial charge in [0.25, 0.3) is 0 Å². The van der Waals surface area contributed by atoms with Crippen LogP contribution in [-0.2, 0) is 4.74 Å². The predicted molar refractivity (Wildman–Crippen MR) is 88.9 cm³/mol. The average Bonchev–Trinajstić information content (AvgIpc) is 3.00. The summed E-state index contributed by atoms with van der Waals surface area (Å²) in [5.74, 6) is 1.96. The van der Waals surface area contributed by atoms with Crippen LogP contribution in [0, 0.1) is 12.8 Å². The molecule has 3 heteroatoms. The van der Waals surface area contributed by atoms with Gasteiger partial charge in [-0.15, -0.1) is 0 Å². The molecule has 0 spiro atoms. The first-order chi connectivity index (χ1) is 11.2. The van der Waals surface area contributed by atoms with Crippen LogP contribution in [0.15, 0.2) is 42.5 Å². The van der Waals surface area contributed by atoms with Gasteiger partial charge in [-0.3, -0.25) is 0 Å². The Labute approximate surface area is 136 Å². The van der Waals surface area contributed by atoms with E-state index < -0.39 is 0 Å². The summed E-state index contributed by atoms with van der Waals surface area (Å²) in [6.07, 6.45) is 2.30. The molecule has 1 aliphatic carbocycles. The van der Waals surface area contributed by atoms with Crippen molar-refractivity contribution in [3.63, 3.8) is 0 Å². The monoisotopic (exact) mass is 310 g/mol. The molecule has 23 heavy (non-hydrogen) atoms. The largest absolute Gasteiger partial charge is 0.508 e. The third-order valence-corrected chi connectivity index (χ3v) is 5.34. The van der Waals surface area contributed by atoms with E-state index in [4.69, 9.17) is 9.47 Å². The molecule has 1 fully saturated rings. The number of aromatic hydroxyl groups is 1. The van der Waals surface area contributed by atoms with E-state index in [9.17, 15) is 5.11 Å². The second-order valence-corrected chi connectivity index (χ2v) is 6.77. The van der Waals surface area contributed by atoms with Crippen molar-refractivity contribution in [1.29, 1.82) is 0 Å². The zero-order chi connectivity index (χ0) is 16.0. The molecule has 2 aliphatic rings. The summed E-state index contributed by atoms with van der Waals surface area (Å²) in [7, 11) is 1.78. The first-order valence-electron chi connectivity index (χ1n) is 8.24. The standard InChI is InChI=1S/C20H22O3/c1-12-3-5-13(6-4-12)20-18-11-15(22-2)10-16(18)17-9-14(21)7-8-19(17)23-20/h3-9,15-16,18,20-21H,10-11H2,1-2H3/t15-,16-,18-,20-/m0/s1. The summed E-state index contributed by atoms with van der Waals surface area (Å²) in [6, 6.07) is 14.1. The molecule has 0 radical (unpaired) electrons. The van der Waals surface area contributed by atoms with E-state index in [2.05, 4.69) is 31.2 Å². The highest BCUT2D eigenvalue weighted by Gasteiger charge is 2.45. The number of aryl methyl sites for hydroxylation is 1. The average molecular weight is 310 g/mol. The summed E-state index contributed by atoms with van der Waals surface area (Å²) in [5, 5.41) is 9.86. The molecule has 1 heterocycles. The topological polar surface area (TPSA) is 38.7 Å². The van der Waals surface area contributed by atoms with E-state index in [0.29, 0.717) is 17.6 Å². The van der Waals surface area contributed by atoms with Crippen LogP contribution in [0.2, 0.25) is 0 Å². The molecule has 3 nitrogen and oxygen atoms in total. The summed E-state index contributed by atoms with van der Waals surface area (Å²) in [5.41, 5.74) is 3.60. The molecule has 2 aromatic rings. The molecule has 4 rings (SSSR count). The van der Waals surface area contributed by atoms with E-state index in [1.165, 1.54) is 11.1 Å². The zero-order valence-corrected chi connectivity index (χ0v) is 13.5. The molecule has 1 saturated carbocycles. The Bertz CT molecular complexity index is 707. The van der Waals surface area contributed by atoms with E-state index in [0.717, 1.165) is 24.2 Å². The maximum atomic E-state index is 9.86. The number of fused-ring (bicyclic) bond motifs is 3. The van der Waals surface area contributed by atoms with Gasteiger partial charge in [-0.1, -0.05) is 29.8 Å². The number of benzene rings is 2. The molecular formula is C20H22O3. The molecule has 0 amide bonds. The first kappa shape index (κ1) is 14.6. The van der Waals surface area contributed by atoms with Gasteiger partial charge in [-0.2, -0.15) is 0 Å². The van der Waals surface area contributed by atoms with Gasteiger partial charge in [-0.25, -0.2) is 0 Å². The zero-order valence-electron chi connectivity index (χ0n) is 13.5. The number of hydrogen-bond acceptors (Lipinski definition) is 3. The smallest absolute Gasteiger partial charge is 0.127 e. The van der Waals surface area contributed by atoms with Crippen molar-refractivity contribution >= 4 is 0 Å². The summed E-state index contributed by atoms with van der Waals surface area (Å²) in [6.45, 7) is 2.10. The van der Waals surface area contributed by atoms with Crippen LogP contribution < -0.4 is 4.74 Å². The Hall–Kier alpha value is -2.00. The fourth-order valence-corrected chi connectivity index (χ4v) is 4.14. The van der Waals surface area contributed by atoms with Gasteiger partial charge in [0, 0.05) is 18.6 Å². The molecule has 1 aliphatic heterocycles. The van der Waals surface area contributed by atoms with Crippen molar-refractivity contribution in [2.24, 2.45) is 5.92 Å². The lowest BCUT2D eigenvalue weighted by molar-refractivity contribution is 0.0805. The highest BCUT2D eigenvalue weighted by atomic mass is 16.5. The molecule has 0 saturated heterocycles. The minimum absolute atomic E-state index is 0.0535. The van der Waals surface area contributed by atoms with E-state index in [1.54, 1.807) is 13.2 Å². The van der Waals surface area contributed by atoms with Crippen molar-refractivity contribution < 1.29 is 14.6 Å². The third kappa shape index (κ3) is 2.49. The van der Waals surface area contributed by atoms with Crippen molar-refractivity contribution in [1.82, 2.24) is 0 Å². The van der Waals surface area contributed by atoms with Crippen LogP contribution >= 0.6 is 0 Å². The molecule has 0 aromatic heterocycles. The fraction of sp³-hybridized carbons (Fsp3) is 0.400. The van der Waals surface area contributed by atoms with Gasteiger partial charge in [0.2, 0.25) is 0 Å². The van der Waals surface area contributed by atoms with Crippen LogP contribution in [0.3, 0.4) is 0 Å². The molecule has 120 valence electrons. The highest BCUT2D eigenvalue weighted by molar-refractivity contribution is 5.46. The SMILES string of the molecule is CO[C@@H]1C[C@H]2[C@@H](C1)c1cc(O)ccc1O[C@H]2c1ccc(C)cc1. The summed E-state index contributed by atoms with van der Waals surface area (Å²) >= 11 is 0. The maximum absolute atomic E-state index is 9.86. The second-order valence-electron chi connectivity index (χ2n) is 6.77. The Morgan fingerprint density at radius 2 is 1.87 bits per heavy atom. The van der Waals surface area contributed by atoms with Gasteiger partial charge < -0.3 is 14.6 Å². The summed E-state index contributed by atoms with van der Waals surface area (Å²) < 4.78 is 12.0. The number of ether oxygens (including phenoxy) is 2. The number of hydrogen-bond donors (Lipinski definition) is 1. The van der Waals surface area contributed by atoms with Crippen molar-refractivity contribution in [3.05, 3.63) is 59.2 Å². The molecule has 1 N–H and O–H groups in total. The Morgan fingerprint density at radius 1 is 1.09 bits per heavy atom. The van der Waals surface area contributed by atoms with Crippen LogP contribution in [0.1, 0.15) is 41.6 Å². The lowest BCUT2D eigenvalue weighted by Gasteiger charge is -2.36.